The number of nitrogens with one attached hydrogen (secondary N) is 2. The van der Waals surface area contributed by atoms with E-state index >= 15 is 0 Å². The van der Waals surface area contributed by atoms with Crippen LogP contribution in [0.5, 0.6) is 0 Å². The van der Waals surface area contributed by atoms with E-state index in [4.69, 9.17) is 0 Å². The maximum absolute atomic E-state index is 12.3. The van der Waals surface area contributed by atoms with Gasteiger partial charge < -0.3 is 9.88 Å². The van der Waals surface area contributed by atoms with E-state index in [2.05, 4.69) is 14.7 Å². The van der Waals surface area contributed by atoms with Crippen molar-refractivity contribution in [3.8, 4) is 0 Å². The van der Waals surface area contributed by atoms with Gasteiger partial charge in [-0.25, -0.2) is 18.1 Å². The predicted molar refractivity (Wildman–Crippen MR) is 85.2 cm³/mol. The lowest BCUT2D eigenvalue weighted by atomic mass is 10.1. The molecular formula is C15H24N4O3S. The second-order valence-corrected chi connectivity index (χ2v) is 8.19. The van der Waals surface area contributed by atoms with Gasteiger partial charge in [-0.15, -0.1) is 0 Å². The van der Waals surface area contributed by atoms with Crippen LogP contribution in [0, 0.1) is 5.92 Å². The fourth-order valence-electron chi connectivity index (χ4n) is 3.48. The lowest BCUT2D eigenvalue weighted by Crippen LogP contribution is -2.36. The Kier molecular flexibility index (Phi) is 4.72. The van der Waals surface area contributed by atoms with Crippen molar-refractivity contribution in [2.45, 2.75) is 56.5 Å². The fourth-order valence-corrected chi connectivity index (χ4v) is 4.53. The number of amides is 1. The summed E-state index contributed by atoms with van der Waals surface area (Å²) in [6, 6.07) is 0.365. The van der Waals surface area contributed by atoms with Crippen molar-refractivity contribution >= 4 is 15.9 Å². The van der Waals surface area contributed by atoms with Crippen LogP contribution in [0.2, 0.25) is 0 Å². The van der Waals surface area contributed by atoms with Crippen LogP contribution in [0.4, 0.5) is 0 Å². The molecule has 0 bridgehead atoms. The fraction of sp³-hybridized carbons (Fsp3) is 0.733. The normalized spacial score (nSPS) is 23.1. The number of aromatic nitrogens is 2. The predicted octanol–water partition coefficient (Wildman–Crippen LogP) is 1.04. The van der Waals surface area contributed by atoms with E-state index in [-0.39, 0.29) is 23.4 Å². The SMILES string of the molecule is CCc1ncc(S(=O)(=O)NC[C@@H]2CC(=O)N(C3CCCC3)C2)[nH]1. The highest BCUT2D eigenvalue weighted by Gasteiger charge is 2.35. The van der Waals surface area contributed by atoms with Crippen LogP contribution in [0.15, 0.2) is 11.2 Å². The van der Waals surface area contributed by atoms with Gasteiger partial charge in [-0.05, 0) is 18.8 Å². The smallest absolute Gasteiger partial charge is 0.257 e. The molecule has 7 nitrogen and oxygen atoms in total. The van der Waals surface area contributed by atoms with Gasteiger partial charge in [0.1, 0.15) is 5.82 Å². The third-order valence-corrected chi connectivity index (χ3v) is 6.13. The van der Waals surface area contributed by atoms with Crippen molar-refractivity contribution in [1.82, 2.24) is 19.6 Å². The summed E-state index contributed by atoms with van der Waals surface area (Å²) in [4.78, 5) is 20.9. The molecule has 1 saturated heterocycles. The molecule has 1 saturated carbocycles. The third kappa shape index (κ3) is 3.58. The van der Waals surface area contributed by atoms with Gasteiger partial charge in [0, 0.05) is 32.0 Å². The molecule has 1 amide bonds. The minimum Gasteiger partial charge on any atom is -0.339 e. The molecule has 0 radical (unpaired) electrons. The molecule has 2 aliphatic rings. The summed E-state index contributed by atoms with van der Waals surface area (Å²) in [6.45, 7) is 2.86. The molecule has 2 fully saturated rings. The third-order valence-electron chi connectivity index (χ3n) is 4.80. The monoisotopic (exact) mass is 340 g/mol. The van der Waals surface area contributed by atoms with Gasteiger partial charge in [-0.1, -0.05) is 19.8 Å². The van der Waals surface area contributed by atoms with Crippen molar-refractivity contribution in [3.63, 3.8) is 0 Å². The van der Waals surface area contributed by atoms with Crippen molar-refractivity contribution in [3.05, 3.63) is 12.0 Å². The summed E-state index contributed by atoms with van der Waals surface area (Å²) < 4.78 is 27.1. The number of likely N-dealkylation sites (tertiary alicyclic amines) is 1. The number of aryl methyl sites for hydroxylation is 1. The largest absolute Gasteiger partial charge is 0.339 e. The highest BCUT2D eigenvalue weighted by atomic mass is 32.2. The van der Waals surface area contributed by atoms with E-state index in [1.165, 1.54) is 19.0 Å². The lowest BCUT2D eigenvalue weighted by molar-refractivity contribution is -0.129. The van der Waals surface area contributed by atoms with Gasteiger partial charge in [0.2, 0.25) is 5.91 Å². The average Bonchev–Trinajstić information content (AvgIpc) is 3.25. The molecule has 1 atom stereocenters. The number of hydrogen-bond acceptors (Lipinski definition) is 4. The van der Waals surface area contributed by atoms with Crippen LogP contribution < -0.4 is 4.72 Å². The Balaban J connectivity index is 1.57. The van der Waals surface area contributed by atoms with Crippen LogP contribution >= 0.6 is 0 Å². The Bertz CT molecular complexity index is 664. The number of carbonyl (C=O) groups is 1. The number of carbonyl (C=O) groups excluding carboxylic acids is 1. The second-order valence-electron chi connectivity index (χ2n) is 6.45. The first-order valence-corrected chi connectivity index (χ1v) is 9.81. The molecule has 1 aliphatic heterocycles. The maximum Gasteiger partial charge on any atom is 0.257 e. The summed E-state index contributed by atoms with van der Waals surface area (Å²) in [5, 5.41) is 0.0892. The number of nitrogens with zero attached hydrogens (tertiary/aromatic N) is 2. The van der Waals surface area contributed by atoms with E-state index in [1.807, 2.05) is 11.8 Å². The molecule has 2 heterocycles. The first-order chi connectivity index (χ1) is 11.0. The minimum absolute atomic E-state index is 0.0476. The Labute approximate surface area is 136 Å². The number of aromatic amines is 1. The van der Waals surface area contributed by atoms with E-state index in [0.717, 1.165) is 12.8 Å². The molecule has 0 unspecified atom stereocenters. The minimum atomic E-state index is -3.59. The zero-order valence-electron chi connectivity index (χ0n) is 13.4. The van der Waals surface area contributed by atoms with Crippen molar-refractivity contribution in [2.24, 2.45) is 5.92 Å². The lowest BCUT2D eigenvalue weighted by Gasteiger charge is -2.24. The summed E-state index contributed by atoms with van der Waals surface area (Å²) in [6.07, 6.45) is 6.96. The van der Waals surface area contributed by atoms with Crippen molar-refractivity contribution < 1.29 is 13.2 Å². The molecule has 1 aromatic heterocycles. The van der Waals surface area contributed by atoms with Crippen LogP contribution in [0.1, 0.15) is 44.9 Å². The zero-order valence-corrected chi connectivity index (χ0v) is 14.2. The standard InChI is InChI=1S/C15H24N4O3S/c1-2-13-16-9-14(18-13)23(21,22)17-8-11-7-15(20)19(10-11)12-5-3-4-6-12/h9,11-12,17H,2-8,10H2,1H3,(H,16,18)/t11-/m0/s1. The Morgan fingerprint density at radius 2 is 2.13 bits per heavy atom. The second kappa shape index (κ2) is 6.60. The Hall–Kier alpha value is -1.41. The highest BCUT2D eigenvalue weighted by Crippen LogP contribution is 2.29. The highest BCUT2D eigenvalue weighted by molar-refractivity contribution is 7.89. The first kappa shape index (κ1) is 16.4. The molecule has 1 aliphatic carbocycles. The number of imidazole rings is 1. The zero-order chi connectivity index (χ0) is 16.4. The van der Waals surface area contributed by atoms with Crippen molar-refractivity contribution in [1.29, 1.82) is 0 Å². The Morgan fingerprint density at radius 3 is 2.78 bits per heavy atom. The number of sulfonamides is 1. The van der Waals surface area contributed by atoms with Gasteiger partial charge in [0.25, 0.3) is 10.0 Å². The van der Waals surface area contributed by atoms with Crippen LogP contribution in [-0.4, -0.2) is 48.3 Å². The molecule has 0 spiro atoms. The number of rotatable bonds is 6. The molecule has 0 aromatic carbocycles. The van der Waals surface area contributed by atoms with Gasteiger partial charge in [0.05, 0.1) is 6.20 Å². The first-order valence-electron chi connectivity index (χ1n) is 8.32. The maximum atomic E-state index is 12.3. The number of H-pyrrole nitrogens is 1. The van der Waals surface area contributed by atoms with Gasteiger partial charge >= 0.3 is 0 Å². The Morgan fingerprint density at radius 1 is 1.39 bits per heavy atom. The van der Waals surface area contributed by atoms with Crippen LogP contribution in [0.3, 0.4) is 0 Å². The molecular weight excluding hydrogens is 316 g/mol. The van der Waals surface area contributed by atoms with E-state index in [1.54, 1.807) is 0 Å². The van der Waals surface area contributed by atoms with Crippen molar-refractivity contribution in [2.75, 3.05) is 13.1 Å². The van der Waals surface area contributed by atoms with E-state index < -0.39 is 10.0 Å². The van der Waals surface area contributed by atoms with E-state index in [0.29, 0.717) is 31.3 Å². The van der Waals surface area contributed by atoms with Gasteiger partial charge in [-0.2, -0.15) is 0 Å². The van der Waals surface area contributed by atoms with Crippen LogP contribution in [-0.2, 0) is 21.2 Å². The van der Waals surface area contributed by atoms with Crippen LogP contribution in [0.25, 0.3) is 0 Å². The number of hydrogen-bond donors (Lipinski definition) is 2. The topological polar surface area (TPSA) is 95.2 Å². The van der Waals surface area contributed by atoms with Gasteiger partial charge in [0.15, 0.2) is 5.03 Å². The molecule has 3 rings (SSSR count). The quantitative estimate of drug-likeness (QED) is 0.809. The summed E-state index contributed by atoms with van der Waals surface area (Å²) in [5.74, 6) is 0.858. The molecule has 128 valence electrons. The molecule has 23 heavy (non-hydrogen) atoms. The molecule has 1 aromatic rings. The van der Waals surface area contributed by atoms with Gasteiger partial charge in [-0.3, -0.25) is 4.79 Å². The molecule has 8 heteroatoms. The summed E-state index contributed by atoms with van der Waals surface area (Å²) >= 11 is 0. The summed E-state index contributed by atoms with van der Waals surface area (Å²) in [5.41, 5.74) is 0. The van der Waals surface area contributed by atoms with E-state index in [9.17, 15) is 13.2 Å². The summed E-state index contributed by atoms with van der Waals surface area (Å²) in [7, 11) is -3.59. The molecule has 2 N–H and O–H groups in total. The average molecular weight is 340 g/mol.